The van der Waals surface area contributed by atoms with Crippen molar-refractivity contribution in [3.8, 4) is 0 Å². The van der Waals surface area contributed by atoms with Crippen molar-refractivity contribution in [3.05, 3.63) is 47.2 Å². The van der Waals surface area contributed by atoms with E-state index in [0.717, 1.165) is 36.8 Å². The zero-order valence-corrected chi connectivity index (χ0v) is 17.5. The Balaban J connectivity index is 1.39. The number of hydrogen-bond donors (Lipinski definition) is 3. The van der Waals surface area contributed by atoms with Crippen molar-refractivity contribution in [1.82, 2.24) is 20.9 Å². The second-order valence-corrected chi connectivity index (χ2v) is 8.12. The summed E-state index contributed by atoms with van der Waals surface area (Å²) in [6, 6.07) is 2.59. The topological polar surface area (TPSA) is 51.7 Å². The highest BCUT2D eigenvalue weighted by molar-refractivity contribution is 5.57. The van der Waals surface area contributed by atoms with E-state index < -0.39 is 11.6 Å². The molecule has 2 aliphatic rings. The van der Waals surface area contributed by atoms with Gasteiger partial charge in [-0.2, -0.15) is 0 Å². The van der Waals surface area contributed by atoms with E-state index in [1.54, 1.807) is 0 Å². The summed E-state index contributed by atoms with van der Waals surface area (Å²) >= 11 is 0. The van der Waals surface area contributed by atoms with Crippen molar-refractivity contribution < 1.29 is 8.78 Å². The summed E-state index contributed by atoms with van der Waals surface area (Å²) in [5.74, 6) is -0.934. The molecule has 0 aromatic heterocycles. The first-order valence-corrected chi connectivity index (χ1v) is 10.5. The molecule has 0 saturated heterocycles. The van der Waals surface area contributed by atoms with Gasteiger partial charge in [0.1, 0.15) is 18.3 Å². The molecule has 3 N–H and O–H groups in total. The number of halogens is 2. The van der Waals surface area contributed by atoms with E-state index in [4.69, 9.17) is 0 Å². The lowest BCUT2D eigenvalue weighted by Crippen LogP contribution is -2.43. The molecule has 1 fully saturated rings. The molecule has 1 saturated carbocycles. The van der Waals surface area contributed by atoms with Crippen LogP contribution in [0.25, 0.3) is 0 Å². The third-order valence-electron chi connectivity index (χ3n) is 5.99. The fourth-order valence-corrected chi connectivity index (χ4v) is 4.17. The second-order valence-electron chi connectivity index (χ2n) is 8.12. The summed E-state index contributed by atoms with van der Waals surface area (Å²) in [7, 11) is 1.99. The molecule has 0 aliphatic heterocycles. The van der Waals surface area contributed by atoms with Crippen molar-refractivity contribution >= 4 is 6.34 Å². The number of nitrogens with zero attached hydrogens (tertiary/aromatic N) is 2. The molecule has 3 rings (SSSR count). The monoisotopic (exact) mass is 405 g/mol. The summed E-state index contributed by atoms with van der Waals surface area (Å²) in [6.07, 6.45) is 6.47. The maximum absolute atomic E-state index is 14.0. The zero-order valence-electron chi connectivity index (χ0n) is 17.5. The van der Waals surface area contributed by atoms with Crippen LogP contribution in [0, 0.1) is 11.6 Å². The van der Waals surface area contributed by atoms with E-state index in [2.05, 4.69) is 39.3 Å². The fraction of sp³-hybridized carbons (Fsp3) is 0.591. The minimum Gasteiger partial charge on any atom is -0.369 e. The molecule has 1 aromatic rings. The van der Waals surface area contributed by atoms with Gasteiger partial charge in [-0.15, -0.1) is 0 Å². The quantitative estimate of drug-likeness (QED) is 0.391. The number of hydrogen-bond acceptors (Lipinski definition) is 4. The van der Waals surface area contributed by atoms with Crippen LogP contribution in [-0.2, 0) is 12.8 Å². The smallest absolute Gasteiger partial charge is 0.129 e. The first-order chi connectivity index (χ1) is 14.0. The SMILES string of the molecule is C=C(CNC1CCc2cc(F)cc(F)c2C1)NC/N=C\N(CC)C1(CNC)CC1. The molecule has 0 heterocycles. The Morgan fingerprint density at radius 2 is 2.17 bits per heavy atom. The van der Waals surface area contributed by atoms with Crippen molar-refractivity contribution in [3.63, 3.8) is 0 Å². The molecule has 29 heavy (non-hydrogen) atoms. The lowest BCUT2D eigenvalue weighted by molar-refractivity contribution is 0.303. The number of aliphatic imine (C=N–C) groups is 1. The summed E-state index contributed by atoms with van der Waals surface area (Å²) in [5, 5.41) is 9.92. The predicted molar refractivity (Wildman–Crippen MR) is 114 cm³/mol. The van der Waals surface area contributed by atoms with Gasteiger partial charge in [0.05, 0.1) is 11.9 Å². The van der Waals surface area contributed by atoms with Crippen LogP contribution in [0.3, 0.4) is 0 Å². The van der Waals surface area contributed by atoms with Gasteiger partial charge in [0, 0.05) is 37.4 Å². The van der Waals surface area contributed by atoms with E-state index in [-0.39, 0.29) is 11.6 Å². The van der Waals surface area contributed by atoms with Crippen LogP contribution in [0.2, 0.25) is 0 Å². The van der Waals surface area contributed by atoms with E-state index in [1.165, 1.54) is 18.9 Å². The van der Waals surface area contributed by atoms with Crippen LogP contribution in [0.4, 0.5) is 8.78 Å². The van der Waals surface area contributed by atoms with Crippen LogP contribution in [0.5, 0.6) is 0 Å². The van der Waals surface area contributed by atoms with Crippen LogP contribution in [-0.4, -0.2) is 56.2 Å². The van der Waals surface area contributed by atoms with Gasteiger partial charge in [0.15, 0.2) is 0 Å². The third-order valence-corrected chi connectivity index (χ3v) is 5.99. The minimum absolute atomic E-state index is 0.163. The largest absolute Gasteiger partial charge is 0.369 e. The molecular formula is C22H33F2N5. The van der Waals surface area contributed by atoms with E-state index in [9.17, 15) is 8.78 Å². The maximum atomic E-state index is 14.0. The molecule has 7 heteroatoms. The number of fused-ring (bicyclic) bond motifs is 1. The van der Waals surface area contributed by atoms with Crippen molar-refractivity contribution in [2.75, 3.05) is 33.4 Å². The summed E-state index contributed by atoms with van der Waals surface area (Å²) in [5.41, 5.74) is 2.51. The predicted octanol–water partition coefficient (Wildman–Crippen LogP) is 2.57. The van der Waals surface area contributed by atoms with Crippen molar-refractivity contribution in [2.45, 2.75) is 50.6 Å². The number of benzene rings is 1. The van der Waals surface area contributed by atoms with Crippen LogP contribution < -0.4 is 16.0 Å². The van der Waals surface area contributed by atoms with Gasteiger partial charge in [-0.3, -0.25) is 4.99 Å². The third kappa shape index (κ3) is 5.54. The van der Waals surface area contributed by atoms with E-state index in [0.29, 0.717) is 31.6 Å². The lowest BCUT2D eigenvalue weighted by Gasteiger charge is -2.29. The molecule has 5 nitrogen and oxygen atoms in total. The van der Waals surface area contributed by atoms with Crippen LogP contribution in [0.15, 0.2) is 29.4 Å². The van der Waals surface area contributed by atoms with Crippen LogP contribution in [0.1, 0.15) is 37.3 Å². The Morgan fingerprint density at radius 3 is 2.86 bits per heavy atom. The summed E-state index contributed by atoms with van der Waals surface area (Å²) < 4.78 is 27.4. The highest BCUT2D eigenvalue weighted by atomic mass is 19.1. The van der Waals surface area contributed by atoms with Gasteiger partial charge in [-0.1, -0.05) is 6.58 Å². The average molecular weight is 406 g/mol. The molecule has 0 radical (unpaired) electrons. The Morgan fingerprint density at radius 1 is 1.38 bits per heavy atom. The number of aryl methyl sites for hydroxylation is 1. The van der Waals surface area contributed by atoms with Gasteiger partial charge in [-0.05, 0) is 63.3 Å². The molecule has 2 aliphatic carbocycles. The van der Waals surface area contributed by atoms with E-state index in [1.807, 2.05) is 13.4 Å². The van der Waals surface area contributed by atoms with Gasteiger partial charge in [0.2, 0.25) is 0 Å². The standard InChI is InChI=1S/C22H33F2N5/c1-4-29(22(7-8-22)13-25-3)15-26-14-28-16(2)12-27-19-6-5-17-9-18(23)10-21(24)20(17)11-19/h9-10,15,19,25,27-28H,2,4-8,11-14H2,1,3H3/b26-15-. The molecule has 160 valence electrons. The molecule has 1 unspecified atom stereocenters. The minimum atomic E-state index is -0.494. The van der Waals surface area contributed by atoms with Crippen molar-refractivity contribution in [2.24, 2.45) is 4.99 Å². The first-order valence-electron chi connectivity index (χ1n) is 10.5. The van der Waals surface area contributed by atoms with E-state index >= 15 is 0 Å². The second kappa shape index (κ2) is 9.67. The fourth-order valence-electron chi connectivity index (χ4n) is 4.17. The molecule has 0 bridgehead atoms. The van der Waals surface area contributed by atoms with Gasteiger partial charge in [-0.25, -0.2) is 8.78 Å². The molecule has 1 aromatic carbocycles. The van der Waals surface area contributed by atoms with Crippen molar-refractivity contribution in [1.29, 1.82) is 0 Å². The first kappa shape index (κ1) is 21.7. The van der Waals surface area contributed by atoms with Gasteiger partial charge < -0.3 is 20.9 Å². The molecular weight excluding hydrogens is 372 g/mol. The number of likely N-dealkylation sites (N-methyl/N-ethyl adjacent to an activating group) is 2. The zero-order chi connectivity index (χ0) is 20.9. The Hall–Kier alpha value is -1.99. The lowest BCUT2D eigenvalue weighted by atomic mass is 9.88. The molecule has 0 spiro atoms. The van der Waals surface area contributed by atoms with Gasteiger partial charge in [0.25, 0.3) is 0 Å². The normalized spacial score (nSPS) is 19.8. The molecule has 0 amide bonds. The average Bonchev–Trinajstić information content (AvgIpc) is 3.47. The molecule has 1 atom stereocenters. The van der Waals surface area contributed by atoms with Gasteiger partial charge >= 0.3 is 0 Å². The number of rotatable bonds is 11. The Labute approximate surface area is 172 Å². The van der Waals surface area contributed by atoms with Crippen LogP contribution >= 0.6 is 0 Å². The number of nitrogens with one attached hydrogen (secondary N) is 3. The Bertz CT molecular complexity index is 745. The summed E-state index contributed by atoms with van der Waals surface area (Å²) in [6.45, 7) is 9.20. The maximum Gasteiger partial charge on any atom is 0.129 e. The Kier molecular flexibility index (Phi) is 7.24. The highest BCUT2D eigenvalue weighted by Gasteiger charge is 2.45. The summed E-state index contributed by atoms with van der Waals surface area (Å²) in [4.78, 5) is 6.81. The highest BCUT2D eigenvalue weighted by Crippen LogP contribution is 2.40.